The molecule has 0 fully saturated rings. The Balaban J connectivity index is 2.40. The maximum Gasteiger partial charge on any atom is 0.133 e. The van der Waals surface area contributed by atoms with Crippen LogP contribution in [0.5, 0.6) is 5.75 Å². The molecule has 14 heavy (non-hydrogen) atoms. The fourth-order valence-electron chi connectivity index (χ4n) is 1.94. The summed E-state index contributed by atoms with van der Waals surface area (Å²) in [6.45, 7) is 0. The summed E-state index contributed by atoms with van der Waals surface area (Å²) in [6, 6.07) is 4.57. The number of hydrogen-bond acceptors (Lipinski definition) is 2. The predicted octanol–water partition coefficient (Wildman–Crippen LogP) is 2.27. The molecule has 1 aromatic rings. The third-order valence-electron chi connectivity index (χ3n) is 2.74. The normalized spacial score (nSPS) is 20.4. The summed E-state index contributed by atoms with van der Waals surface area (Å²) in [5.41, 5.74) is 8.66. The summed E-state index contributed by atoms with van der Waals surface area (Å²) < 4.78 is 6.28. The Morgan fingerprint density at radius 1 is 1.43 bits per heavy atom. The molecule has 0 aromatic heterocycles. The van der Waals surface area contributed by atoms with Crippen molar-refractivity contribution in [2.24, 2.45) is 5.73 Å². The van der Waals surface area contributed by atoms with Crippen LogP contribution >= 0.6 is 15.9 Å². The van der Waals surface area contributed by atoms with E-state index in [0.29, 0.717) is 6.04 Å². The third kappa shape index (κ3) is 1.79. The van der Waals surface area contributed by atoms with Crippen molar-refractivity contribution in [3.8, 4) is 5.75 Å². The first kappa shape index (κ1) is 9.99. The molecule has 0 heterocycles. The summed E-state index contributed by atoms with van der Waals surface area (Å²) in [6.07, 6.45) is 3.13. The lowest BCUT2D eigenvalue weighted by atomic mass is 9.89. The van der Waals surface area contributed by atoms with Crippen LogP contribution in [0.1, 0.15) is 17.5 Å². The van der Waals surface area contributed by atoms with Crippen molar-refractivity contribution in [3.05, 3.63) is 27.7 Å². The molecule has 0 saturated heterocycles. The van der Waals surface area contributed by atoms with E-state index in [-0.39, 0.29) is 0 Å². The van der Waals surface area contributed by atoms with E-state index in [9.17, 15) is 0 Å². The number of halogens is 1. The highest BCUT2D eigenvalue weighted by atomic mass is 79.9. The van der Waals surface area contributed by atoms with Gasteiger partial charge >= 0.3 is 0 Å². The maximum atomic E-state index is 5.92. The van der Waals surface area contributed by atoms with Crippen molar-refractivity contribution < 1.29 is 4.74 Å². The predicted molar refractivity (Wildman–Crippen MR) is 60.7 cm³/mol. The van der Waals surface area contributed by atoms with Gasteiger partial charge in [-0.05, 0) is 58.5 Å². The molecule has 1 aromatic carbocycles. The lowest BCUT2D eigenvalue weighted by Gasteiger charge is -2.22. The molecule has 1 aliphatic rings. The maximum absolute atomic E-state index is 5.92. The quantitative estimate of drug-likeness (QED) is 0.836. The zero-order valence-corrected chi connectivity index (χ0v) is 9.80. The Morgan fingerprint density at radius 3 is 2.93 bits per heavy atom. The monoisotopic (exact) mass is 255 g/mol. The third-order valence-corrected chi connectivity index (χ3v) is 3.36. The van der Waals surface area contributed by atoms with Gasteiger partial charge in [-0.3, -0.25) is 0 Å². The van der Waals surface area contributed by atoms with Crippen LogP contribution in [0.3, 0.4) is 0 Å². The van der Waals surface area contributed by atoms with E-state index < -0.39 is 0 Å². The zero-order chi connectivity index (χ0) is 10.1. The molecule has 3 heteroatoms. The van der Waals surface area contributed by atoms with Crippen LogP contribution in [-0.4, -0.2) is 13.2 Å². The molecule has 1 atom stereocenters. The van der Waals surface area contributed by atoms with Gasteiger partial charge in [-0.15, -0.1) is 0 Å². The second-order valence-corrected chi connectivity index (χ2v) is 4.61. The van der Waals surface area contributed by atoms with Crippen molar-refractivity contribution in [3.63, 3.8) is 0 Å². The van der Waals surface area contributed by atoms with Gasteiger partial charge in [-0.1, -0.05) is 0 Å². The molecule has 0 saturated carbocycles. The Labute approximate surface area is 92.6 Å². The van der Waals surface area contributed by atoms with E-state index in [4.69, 9.17) is 10.5 Å². The molecule has 2 nitrogen and oxygen atoms in total. The highest BCUT2D eigenvalue weighted by Crippen LogP contribution is 2.32. The summed E-state index contributed by atoms with van der Waals surface area (Å²) in [7, 11) is 1.70. The first-order valence-electron chi connectivity index (χ1n) is 4.81. The molecule has 0 bridgehead atoms. The SMILES string of the molecule is COc1cc2c(cc1Br)CC(N)CC2. The molecule has 2 N–H and O–H groups in total. The topological polar surface area (TPSA) is 35.2 Å². The van der Waals surface area contributed by atoms with Crippen molar-refractivity contribution in [2.45, 2.75) is 25.3 Å². The number of nitrogens with two attached hydrogens (primary N) is 1. The first-order valence-corrected chi connectivity index (χ1v) is 5.61. The molecule has 0 spiro atoms. The largest absolute Gasteiger partial charge is 0.496 e. The fourth-order valence-corrected chi connectivity index (χ4v) is 2.49. The zero-order valence-electron chi connectivity index (χ0n) is 8.22. The van der Waals surface area contributed by atoms with E-state index in [1.165, 1.54) is 11.1 Å². The molecule has 0 radical (unpaired) electrons. The van der Waals surface area contributed by atoms with Crippen molar-refractivity contribution in [2.75, 3.05) is 7.11 Å². The standard InChI is InChI=1S/C11H14BrNO/c1-14-11-6-7-2-3-9(13)4-8(7)5-10(11)12/h5-6,9H,2-4,13H2,1H3. The molecule has 76 valence electrons. The van der Waals surface area contributed by atoms with Gasteiger partial charge < -0.3 is 10.5 Å². The number of benzene rings is 1. The average Bonchev–Trinajstić information content (AvgIpc) is 2.16. The van der Waals surface area contributed by atoms with E-state index in [1.54, 1.807) is 7.11 Å². The summed E-state index contributed by atoms with van der Waals surface area (Å²) >= 11 is 3.49. The molecule has 1 aliphatic carbocycles. The summed E-state index contributed by atoms with van der Waals surface area (Å²) in [5.74, 6) is 0.916. The minimum atomic E-state index is 0.322. The second kappa shape index (κ2) is 3.91. The Hall–Kier alpha value is -0.540. The van der Waals surface area contributed by atoms with Crippen LogP contribution in [0.4, 0.5) is 0 Å². The van der Waals surface area contributed by atoms with Gasteiger partial charge in [-0.25, -0.2) is 0 Å². The van der Waals surface area contributed by atoms with Crippen molar-refractivity contribution in [1.82, 2.24) is 0 Å². The number of aryl methyl sites for hydroxylation is 1. The van der Waals surface area contributed by atoms with Gasteiger partial charge in [0.05, 0.1) is 11.6 Å². The minimum Gasteiger partial charge on any atom is -0.496 e. The summed E-state index contributed by atoms with van der Waals surface area (Å²) in [5, 5.41) is 0. The number of fused-ring (bicyclic) bond motifs is 1. The van der Waals surface area contributed by atoms with Gasteiger partial charge in [0.2, 0.25) is 0 Å². The molecule has 1 unspecified atom stereocenters. The lowest BCUT2D eigenvalue weighted by molar-refractivity contribution is 0.410. The minimum absolute atomic E-state index is 0.322. The van der Waals surface area contributed by atoms with Gasteiger partial charge in [-0.2, -0.15) is 0 Å². The van der Waals surface area contributed by atoms with E-state index in [0.717, 1.165) is 29.5 Å². The highest BCUT2D eigenvalue weighted by Gasteiger charge is 2.17. The smallest absolute Gasteiger partial charge is 0.133 e. The highest BCUT2D eigenvalue weighted by molar-refractivity contribution is 9.10. The van der Waals surface area contributed by atoms with Crippen LogP contribution in [0.25, 0.3) is 0 Å². The molecular weight excluding hydrogens is 242 g/mol. The van der Waals surface area contributed by atoms with Crippen LogP contribution in [-0.2, 0) is 12.8 Å². The molecule has 0 aliphatic heterocycles. The Kier molecular flexibility index (Phi) is 2.79. The first-order chi connectivity index (χ1) is 6.70. The molecule has 0 amide bonds. The Morgan fingerprint density at radius 2 is 2.21 bits per heavy atom. The number of ether oxygens (including phenoxy) is 1. The Bertz CT molecular complexity index is 351. The lowest BCUT2D eigenvalue weighted by Crippen LogP contribution is -2.27. The van der Waals surface area contributed by atoms with E-state index in [1.807, 2.05) is 0 Å². The van der Waals surface area contributed by atoms with E-state index in [2.05, 4.69) is 28.1 Å². The van der Waals surface area contributed by atoms with Crippen LogP contribution in [0.2, 0.25) is 0 Å². The number of rotatable bonds is 1. The van der Waals surface area contributed by atoms with Crippen LogP contribution in [0, 0.1) is 0 Å². The van der Waals surface area contributed by atoms with Crippen LogP contribution in [0.15, 0.2) is 16.6 Å². The molecule has 2 rings (SSSR count). The van der Waals surface area contributed by atoms with Crippen molar-refractivity contribution in [1.29, 1.82) is 0 Å². The van der Waals surface area contributed by atoms with Gasteiger partial charge in [0.1, 0.15) is 5.75 Å². The number of methoxy groups -OCH3 is 1. The average molecular weight is 256 g/mol. The van der Waals surface area contributed by atoms with E-state index >= 15 is 0 Å². The van der Waals surface area contributed by atoms with Gasteiger partial charge in [0.15, 0.2) is 0 Å². The van der Waals surface area contributed by atoms with Gasteiger partial charge in [0.25, 0.3) is 0 Å². The number of hydrogen-bond donors (Lipinski definition) is 1. The summed E-state index contributed by atoms with van der Waals surface area (Å²) in [4.78, 5) is 0. The second-order valence-electron chi connectivity index (χ2n) is 3.76. The van der Waals surface area contributed by atoms with Gasteiger partial charge in [0, 0.05) is 6.04 Å². The fraction of sp³-hybridized carbons (Fsp3) is 0.455. The van der Waals surface area contributed by atoms with Crippen molar-refractivity contribution >= 4 is 15.9 Å². The van der Waals surface area contributed by atoms with Crippen LogP contribution < -0.4 is 10.5 Å². The molecular formula is C11H14BrNO.